The zero-order chi connectivity index (χ0) is 16.8. The molecule has 0 spiro atoms. The van der Waals surface area contributed by atoms with Crippen LogP contribution in [0.25, 0.3) is 11.6 Å². The number of hydrogen-bond donors (Lipinski definition) is 1. The van der Waals surface area contributed by atoms with Crippen molar-refractivity contribution >= 4 is 23.7 Å². The molecular formula is C17H19NO5. The molecule has 0 unspecified atom stereocenters. The van der Waals surface area contributed by atoms with Gasteiger partial charge in [0.1, 0.15) is 5.75 Å². The summed E-state index contributed by atoms with van der Waals surface area (Å²) in [6, 6.07) is 5.62. The highest BCUT2D eigenvalue weighted by Crippen LogP contribution is 2.31. The summed E-state index contributed by atoms with van der Waals surface area (Å²) in [6.07, 6.45) is 4.63. The van der Waals surface area contributed by atoms with Crippen molar-refractivity contribution in [2.75, 3.05) is 27.3 Å². The van der Waals surface area contributed by atoms with Gasteiger partial charge >= 0.3 is 12.1 Å². The molecule has 0 radical (unpaired) electrons. The fraction of sp³-hybridized carbons (Fsp3) is 0.294. The van der Waals surface area contributed by atoms with Crippen molar-refractivity contribution in [2.45, 2.75) is 6.42 Å². The summed E-state index contributed by atoms with van der Waals surface area (Å²) in [7, 11) is 2.91. The predicted molar refractivity (Wildman–Crippen MR) is 86.2 cm³/mol. The Morgan fingerprint density at radius 3 is 2.65 bits per heavy atom. The molecule has 0 bridgehead atoms. The summed E-state index contributed by atoms with van der Waals surface area (Å²) in [5, 5.41) is 8.98. The normalized spacial score (nSPS) is 14.5. The molecule has 0 fully saturated rings. The van der Waals surface area contributed by atoms with E-state index in [1.165, 1.54) is 18.1 Å². The summed E-state index contributed by atoms with van der Waals surface area (Å²) in [5.74, 6) is 0.267. The van der Waals surface area contributed by atoms with Crippen LogP contribution >= 0.6 is 0 Å². The molecule has 6 nitrogen and oxygen atoms in total. The minimum absolute atomic E-state index is 0.373. The van der Waals surface area contributed by atoms with Crippen LogP contribution in [0.2, 0.25) is 0 Å². The van der Waals surface area contributed by atoms with Gasteiger partial charge in [-0.25, -0.2) is 9.59 Å². The lowest BCUT2D eigenvalue weighted by molar-refractivity contribution is -0.134. The van der Waals surface area contributed by atoms with Gasteiger partial charge in [-0.15, -0.1) is 0 Å². The Kier molecular flexibility index (Phi) is 5.41. The molecule has 1 aromatic carbocycles. The summed E-state index contributed by atoms with van der Waals surface area (Å²) >= 11 is 0. The molecule has 1 N–H and O–H groups in total. The minimum atomic E-state index is -0.907. The molecule has 23 heavy (non-hydrogen) atoms. The third-order valence-electron chi connectivity index (χ3n) is 3.66. The molecule has 1 aliphatic rings. The fourth-order valence-corrected chi connectivity index (χ4v) is 2.40. The first kappa shape index (κ1) is 16.6. The maximum absolute atomic E-state index is 11.1. The van der Waals surface area contributed by atoms with E-state index in [1.54, 1.807) is 13.2 Å². The number of carbonyl (C=O) groups is 2. The molecule has 122 valence electrons. The summed E-state index contributed by atoms with van der Waals surface area (Å²) in [6.45, 7) is 0.839. The molecule has 1 aliphatic heterocycles. The van der Waals surface area contributed by atoms with Gasteiger partial charge in [-0.05, 0) is 29.7 Å². The van der Waals surface area contributed by atoms with Crippen molar-refractivity contribution in [2.24, 2.45) is 0 Å². The number of esters is 1. The molecular weight excluding hydrogens is 298 g/mol. The van der Waals surface area contributed by atoms with Crippen molar-refractivity contribution < 1.29 is 24.2 Å². The van der Waals surface area contributed by atoms with E-state index in [4.69, 9.17) is 9.84 Å². The largest absolute Gasteiger partial charge is 0.496 e. The van der Waals surface area contributed by atoms with Crippen LogP contribution in [-0.4, -0.2) is 49.4 Å². The zero-order valence-electron chi connectivity index (χ0n) is 13.1. The van der Waals surface area contributed by atoms with E-state index in [1.807, 2.05) is 24.3 Å². The first-order valence-electron chi connectivity index (χ1n) is 7.16. The highest BCUT2D eigenvalue weighted by molar-refractivity contribution is 5.87. The summed E-state index contributed by atoms with van der Waals surface area (Å²) in [5.41, 5.74) is 2.81. The number of carbonyl (C=O) groups excluding carboxylic acids is 1. The average Bonchev–Trinajstić information content (AvgIpc) is 2.59. The highest BCUT2D eigenvalue weighted by Gasteiger charge is 2.18. The van der Waals surface area contributed by atoms with Gasteiger partial charge in [-0.3, -0.25) is 0 Å². The number of ether oxygens (including phenoxy) is 2. The van der Waals surface area contributed by atoms with Crippen molar-refractivity contribution in [3.8, 4) is 5.75 Å². The van der Waals surface area contributed by atoms with Gasteiger partial charge < -0.3 is 19.5 Å². The van der Waals surface area contributed by atoms with Crippen molar-refractivity contribution in [1.29, 1.82) is 0 Å². The number of hydrogen-bond acceptors (Lipinski definition) is 4. The van der Waals surface area contributed by atoms with Crippen LogP contribution < -0.4 is 4.74 Å². The van der Waals surface area contributed by atoms with Gasteiger partial charge in [0.05, 0.1) is 14.2 Å². The predicted octanol–water partition coefficient (Wildman–Crippen LogP) is 2.65. The van der Waals surface area contributed by atoms with E-state index in [2.05, 4.69) is 4.74 Å². The van der Waals surface area contributed by atoms with Crippen LogP contribution in [0, 0.1) is 0 Å². The Morgan fingerprint density at radius 1 is 1.30 bits per heavy atom. The van der Waals surface area contributed by atoms with Crippen molar-refractivity contribution in [3.63, 3.8) is 0 Å². The lowest BCUT2D eigenvalue weighted by Crippen LogP contribution is -2.33. The van der Waals surface area contributed by atoms with E-state index in [-0.39, 0.29) is 0 Å². The number of methoxy groups -OCH3 is 2. The van der Waals surface area contributed by atoms with Gasteiger partial charge in [-0.2, -0.15) is 0 Å². The van der Waals surface area contributed by atoms with Crippen LogP contribution in [0.3, 0.4) is 0 Å². The van der Waals surface area contributed by atoms with E-state index < -0.39 is 12.1 Å². The second kappa shape index (κ2) is 7.49. The summed E-state index contributed by atoms with van der Waals surface area (Å²) < 4.78 is 9.98. The second-order valence-corrected chi connectivity index (χ2v) is 5.02. The molecule has 0 atom stereocenters. The van der Waals surface area contributed by atoms with Crippen molar-refractivity contribution in [3.05, 3.63) is 41.5 Å². The van der Waals surface area contributed by atoms with Gasteiger partial charge in [0.15, 0.2) is 0 Å². The second-order valence-electron chi connectivity index (χ2n) is 5.02. The Hall–Kier alpha value is -2.76. The van der Waals surface area contributed by atoms with E-state index in [0.29, 0.717) is 25.3 Å². The SMILES string of the molecule is COC(=O)C=Cc1ccc(C2=CCN(C(=O)O)CC2)c(OC)c1. The maximum atomic E-state index is 11.1. The number of amides is 1. The quantitative estimate of drug-likeness (QED) is 0.682. The van der Waals surface area contributed by atoms with Gasteiger partial charge in [-0.1, -0.05) is 18.2 Å². The lowest BCUT2D eigenvalue weighted by Gasteiger charge is -2.24. The Balaban J connectivity index is 2.22. The molecule has 1 aromatic rings. The van der Waals surface area contributed by atoms with Gasteiger partial charge in [0, 0.05) is 24.7 Å². The van der Waals surface area contributed by atoms with Crippen LogP contribution in [0.15, 0.2) is 30.4 Å². The van der Waals surface area contributed by atoms with Crippen molar-refractivity contribution in [1.82, 2.24) is 4.90 Å². The number of benzene rings is 1. The monoisotopic (exact) mass is 317 g/mol. The van der Waals surface area contributed by atoms with Crippen LogP contribution in [0.4, 0.5) is 4.79 Å². The summed E-state index contributed by atoms with van der Waals surface area (Å²) in [4.78, 5) is 23.4. The lowest BCUT2D eigenvalue weighted by atomic mass is 9.97. The zero-order valence-corrected chi connectivity index (χ0v) is 13.1. The Morgan fingerprint density at radius 2 is 2.09 bits per heavy atom. The smallest absolute Gasteiger partial charge is 0.407 e. The van der Waals surface area contributed by atoms with E-state index >= 15 is 0 Å². The number of nitrogens with zero attached hydrogens (tertiary/aromatic N) is 1. The van der Waals surface area contributed by atoms with Crippen LogP contribution in [0.5, 0.6) is 5.75 Å². The van der Waals surface area contributed by atoms with Gasteiger partial charge in [0.25, 0.3) is 0 Å². The third-order valence-corrected chi connectivity index (χ3v) is 3.66. The standard InChI is InChI=1S/C17H19NO5/c1-22-15-11-12(4-6-16(19)23-2)3-5-14(15)13-7-9-18(10-8-13)17(20)21/h3-7,11H,8-10H2,1-2H3,(H,20,21). The van der Waals surface area contributed by atoms with E-state index in [9.17, 15) is 9.59 Å². The minimum Gasteiger partial charge on any atom is -0.496 e. The first-order chi connectivity index (χ1) is 11.0. The molecule has 6 heteroatoms. The number of carboxylic acid groups (broad SMARTS) is 1. The molecule has 1 amide bonds. The topological polar surface area (TPSA) is 76.1 Å². The van der Waals surface area contributed by atoms with E-state index in [0.717, 1.165) is 16.7 Å². The Bertz CT molecular complexity index is 663. The fourth-order valence-electron chi connectivity index (χ4n) is 2.40. The molecule has 1 heterocycles. The van der Waals surface area contributed by atoms with Gasteiger partial charge in [0.2, 0.25) is 0 Å². The molecule has 0 aliphatic carbocycles. The first-order valence-corrected chi connectivity index (χ1v) is 7.16. The molecule has 2 rings (SSSR count). The highest BCUT2D eigenvalue weighted by atomic mass is 16.5. The average molecular weight is 317 g/mol. The third kappa shape index (κ3) is 4.12. The van der Waals surface area contributed by atoms with Crippen LogP contribution in [-0.2, 0) is 9.53 Å². The molecule has 0 saturated carbocycles. The maximum Gasteiger partial charge on any atom is 0.407 e. The number of rotatable bonds is 4. The molecule has 0 saturated heterocycles. The molecule has 0 aromatic heterocycles. The van der Waals surface area contributed by atoms with Crippen LogP contribution in [0.1, 0.15) is 17.5 Å². The Labute approximate surface area is 134 Å².